The second-order valence-electron chi connectivity index (χ2n) is 3.21. The first-order valence-electron chi connectivity index (χ1n) is 4.97. The van der Waals surface area contributed by atoms with Crippen LogP contribution in [0.4, 0.5) is 8.78 Å². The van der Waals surface area contributed by atoms with Crippen LogP contribution in [0.2, 0.25) is 0 Å². The van der Waals surface area contributed by atoms with E-state index in [1.807, 2.05) is 0 Å². The van der Waals surface area contributed by atoms with Crippen molar-refractivity contribution in [2.24, 2.45) is 0 Å². The van der Waals surface area contributed by atoms with Gasteiger partial charge in [0.05, 0.1) is 6.61 Å². The summed E-state index contributed by atoms with van der Waals surface area (Å²) in [5.74, 6) is -1.81. The summed E-state index contributed by atoms with van der Waals surface area (Å²) in [4.78, 5) is 21.2. The molecule has 0 aromatic rings. The Morgan fingerprint density at radius 2 is 2.00 bits per heavy atom. The number of aliphatic hydroxyl groups excluding tert-OH is 1. The van der Waals surface area contributed by atoms with Crippen LogP contribution in [-0.4, -0.2) is 54.4 Å². The summed E-state index contributed by atoms with van der Waals surface area (Å²) in [5.41, 5.74) is 0. The van der Waals surface area contributed by atoms with Crippen molar-refractivity contribution in [3.8, 4) is 0 Å². The van der Waals surface area contributed by atoms with Crippen LogP contribution in [-0.2, 0) is 14.3 Å². The predicted octanol–water partition coefficient (Wildman–Crippen LogP) is -0.390. The van der Waals surface area contributed by atoms with E-state index in [4.69, 9.17) is 10.2 Å². The first-order chi connectivity index (χ1) is 7.93. The quantitative estimate of drug-likeness (QED) is 0.488. The number of ether oxygens (including phenoxy) is 1. The molecule has 0 fully saturated rings. The van der Waals surface area contributed by atoms with E-state index in [1.165, 1.54) is 0 Å². The van der Waals surface area contributed by atoms with Crippen LogP contribution in [0.5, 0.6) is 0 Å². The van der Waals surface area contributed by atoms with Crippen LogP contribution < -0.4 is 5.32 Å². The fraction of sp³-hybridized carbons (Fsp3) is 0.778. The van der Waals surface area contributed by atoms with E-state index in [-0.39, 0.29) is 26.0 Å². The molecule has 0 heterocycles. The Morgan fingerprint density at radius 1 is 1.35 bits per heavy atom. The molecule has 3 N–H and O–H groups in total. The molecule has 0 rings (SSSR count). The molecular formula is C9H15F2NO5. The lowest BCUT2D eigenvalue weighted by molar-refractivity contribution is -0.147. The highest BCUT2D eigenvalue weighted by Crippen LogP contribution is 1.94. The van der Waals surface area contributed by atoms with Gasteiger partial charge in [0.15, 0.2) is 6.10 Å². The third kappa shape index (κ3) is 9.64. The number of carboxylic acids is 1. The van der Waals surface area contributed by atoms with Crippen molar-refractivity contribution in [1.82, 2.24) is 5.32 Å². The molecule has 0 aliphatic rings. The van der Waals surface area contributed by atoms with Crippen LogP contribution in [0.25, 0.3) is 0 Å². The number of halogens is 2. The minimum atomic E-state index is -2.57. The summed E-state index contributed by atoms with van der Waals surface area (Å²) in [6.45, 7) is -0.843. The number of carbonyl (C=O) groups is 2. The maximum atomic E-state index is 11.6. The van der Waals surface area contributed by atoms with Crippen molar-refractivity contribution < 1.29 is 33.3 Å². The van der Waals surface area contributed by atoms with Gasteiger partial charge in [-0.3, -0.25) is 4.79 Å². The van der Waals surface area contributed by atoms with Gasteiger partial charge in [-0.05, 0) is 0 Å². The van der Waals surface area contributed by atoms with Crippen LogP contribution in [0.3, 0.4) is 0 Å². The van der Waals surface area contributed by atoms with Gasteiger partial charge in [-0.15, -0.1) is 0 Å². The monoisotopic (exact) mass is 255 g/mol. The molecule has 0 aliphatic heterocycles. The Morgan fingerprint density at radius 3 is 2.53 bits per heavy atom. The second-order valence-corrected chi connectivity index (χ2v) is 3.21. The van der Waals surface area contributed by atoms with Gasteiger partial charge >= 0.3 is 5.97 Å². The molecule has 0 aromatic carbocycles. The Kier molecular flexibility index (Phi) is 8.16. The molecule has 6 nitrogen and oxygen atoms in total. The number of carbonyl (C=O) groups excluding carboxylic acids is 1. The zero-order valence-electron chi connectivity index (χ0n) is 9.07. The van der Waals surface area contributed by atoms with Gasteiger partial charge in [-0.2, -0.15) is 0 Å². The molecule has 17 heavy (non-hydrogen) atoms. The number of nitrogens with one attached hydrogen (secondary N) is 1. The van der Waals surface area contributed by atoms with E-state index in [1.54, 1.807) is 0 Å². The van der Waals surface area contributed by atoms with E-state index < -0.39 is 31.0 Å². The zero-order chi connectivity index (χ0) is 13.3. The summed E-state index contributed by atoms with van der Waals surface area (Å²) in [7, 11) is 0. The van der Waals surface area contributed by atoms with Crippen LogP contribution in [0, 0.1) is 0 Å². The van der Waals surface area contributed by atoms with Gasteiger partial charge in [-0.25, -0.2) is 13.6 Å². The molecule has 0 aliphatic carbocycles. The van der Waals surface area contributed by atoms with Crippen molar-refractivity contribution >= 4 is 11.9 Å². The summed E-state index contributed by atoms with van der Waals surface area (Å²) < 4.78 is 27.7. The standard InChI is InChI=1S/C9H15F2NO5/c10-7(11)5-17-4-2-8(14)12-3-1-6(13)9(15)16/h6-7,13H,1-5H2,(H,12,14)(H,15,16). The minimum Gasteiger partial charge on any atom is -0.479 e. The Balaban J connectivity index is 3.44. The number of aliphatic hydroxyl groups is 1. The number of carboxylic acid groups (broad SMARTS) is 1. The molecule has 0 spiro atoms. The molecular weight excluding hydrogens is 240 g/mol. The molecule has 1 atom stereocenters. The Labute approximate surface area is 96.6 Å². The number of rotatable bonds is 9. The maximum Gasteiger partial charge on any atom is 0.332 e. The number of hydrogen-bond acceptors (Lipinski definition) is 4. The lowest BCUT2D eigenvalue weighted by atomic mass is 10.2. The minimum absolute atomic E-state index is 0.00114. The first kappa shape index (κ1) is 15.7. The summed E-state index contributed by atoms with van der Waals surface area (Å²) in [5, 5.41) is 19.5. The van der Waals surface area contributed by atoms with Crippen LogP contribution in [0.1, 0.15) is 12.8 Å². The molecule has 0 aromatic heterocycles. The molecule has 0 bridgehead atoms. The normalized spacial score (nSPS) is 12.5. The number of alkyl halides is 2. The van der Waals surface area contributed by atoms with E-state index in [9.17, 15) is 18.4 Å². The SMILES string of the molecule is O=C(CCOCC(F)F)NCCC(O)C(=O)O. The highest BCUT2D eigenvalue weighted by atomic mass is 19.3. The van der Waals surface area contributed by atoms with E-state index in [2.05, 4.69) is 10.1 Å². The van der Waals surface area contributed by atoms with Gasteiger partial charge in [0.25, 0.3) is 6.43 Å². The van der Waals surface area contributed by atoms with Crippen LogP contribution >= 0.6 is 0 Å². The molecule has 0 radical (unpaired) electrons. The van der Waals surface area contributed by atoms with Gasteiger partial charge in [0.2, 0.25) is 5.91 Å². The van der Waals surface area contributed by atoms with Gasteiger partial charge < -0.3 is 20.3 Å². The Hall–Kier alpha value is -1.28. The van der Waals surface area contributed by atoms with Crippen molar-refractivity contribution in [2.75, 3.05) is 19.8 Å². The Bertz CT molecular complexity index is 250. The first-order valence-corrected chi connectivity index (χ1v) is 4.97. The maximum absolute atomic E-state index is 11.6. The average molecular weight is 255 g/mol. The molecule has 1 amide bonds. The largest absolute Gasteiger partial charge is 0.479 e. The molecule has 0 saturated heterocycles. The summed E-state index contributed by atoms with van der Waals surface area (Å²) in [6, 6.07) is 0. The number of aliphatic carboxylic acids is 1. The van der Waals surface area contributed by atoms with Crippen molar-refractivity contribution in [2.45, 2.75) is 25.4 Å². The highest BCUT2D eigenvalue weighted by molar-refractivity contribution is 5.76. The summed E-state index contributed by atoms with van der Waals surface area (Å²) >= 11 is 0. The van der Waals surface area contributed by atoms with Crippen molar-refractivity contribution in [3.63, 3.8) is 0 Å². The average Bonchev–Trinajstić information content (AvgIpc) is 2.23. The molecule has 1 unspecified atom stereocenters. The summed E-state index contributed by atoms with van der Waals surface area (Å²) in [6.07, 6.45) is -4.29. The number of hydrogen-bond donors (Lipinski definition) is 3. The smallest absolute Gasteiger partial charge is 0.332 e. The lowest BCUT2D eigenvalue weighted by Gasteiger charge is -2.07. The third-order valence-electron chi connectivity index (χ3n) is 1.74. The predicted molar refractivity (Wildman–Crippen MR) is 52.7 cm³/mol. The zero-order valence-corrected chi connectivity index (χ0v) is 9.07. The second kappa shape index (κ2) is 8.82. The van der Waals surface area contributed by atoms with Crippen LogP contribution in [0.15, 0.2) is 0 Å². The molecule has 100 valence electrons. The molecule has 8 heteroatoms. The van der Waals surface area contributed by atoms with Gasteiger partial charge in [0.1, 0.15) is 6.61 Å². The molecule has 0 saturated carbocycles. The fourth-order valence-corrected chi connectivity index (χ4v) is 0.897. The highest BCUT2D eigenvalue weighted by Gasteiger charge is 2.12. The van der Waals surface area contributed by atoms with Crippen molar-refractivity contribution in [1.29, 1.82) is 0 Å². The van der Waals surface area contributed by atoms with E-state index >= 15 is 0 Å². The number of amides is 1. The van der Waals surface area contributed by atoms with E-state index in [0.29, 0.717) is 0 Å². The van der Waals surface area contributed by atoms with Gasteiger partial charge in [0, 0.05) is 19.4 Å². The van der Waals surface area contributed by atoms with Crippen molar-refractivity contribution in [3.05, 3.63) is 0 Å². The fourth-order valence-electron chi connectivity index (χ4n) is 0.897. The lowest BCUT2D eigenvalue weighted by Crippen LogP contribution is -2.30. The van der Waals surface area contributed by atoms with E-state index in [0.717, 1.165) is 0 Å². The topological polar surface area (TPSA) is 95.9 Å². The third-order valence-corrected chi connectivity index (χ3v) is 1.74. The van der Waals surface area contributed by atoms with Gasteiger partial charge in [-0.1, -0.05) is 0 Å².